The number of carbonyl (C=O) groups is 1. The van der Waals surface area contributed by atoms with Crippen molar-refractivity contribution in [3.63, 3.8) is 0 Å². The zero-order valence-electron chi connectivity index (χ0n) is 22.9. The van der Waals surface area contributed by atoms with Crippen LogP contribution in [-0.4, -0.2) is 45.0 Å². The number of carbonyl (C=O) groups excluding carboxylic acids is 1. The zero-order chi connectivity index (χ0) is 26.5. The van der Waals surface area contributed by atoms with Gasteiger partial charge in [-0.1, -0.05) is 112 Å². The molecule has 1 heterocycles. The number of ether oxygens (including phenoxy) is 1. The highest BCUT2D eigenvalue weighted by Crippen LogP contribution is 2.40. The van der Waals surface area contributed by atoms with Crippen LogP contribution >= 0.6 is 0 Å². The number of likely N-dealkylation sites (tertiary alicyclic amines) is 1. The molecule has 0 bridgehead atoms. The summed E-state index contributed by atoms with van der Waals surface area (Å²) < 4.78 is 13.0. The van der Waals surface area contributed by atoms with Gasteiger partial charge in [0, 0.05) is 31.7 Å². The Labute approximate surface area is 223 Å². The Morgan fingerprint density at radius 1 is 0.892 bits per heavy atom. The Kier molecular flexibility index (Phi) is 8.68. The molecule has 4 nitrogen and oxygen atoms in total. The summed E-state index contributed by atoms with van der Waals surface area (Å²) in [7, 11) is -2.73. The smallest absolute Gasteiger partial charge is 0.310 e. The largest absolute Gasteiger partial charge is 0.466 e. The van der Waals surface area contributed by atoms with Crippen molar-refractivity contribution in [3.8, 4) is 0 Å². The number of hydrogen-bond acceptors (Lipinski definition) is 4. The van der Waals surface area contributed by atoms with E-state index in [2.05, 4.69) is 118 Å². The molecule has 5 heteroatoms. The Balaban J connectivity index is 1.70. The van der Waals surface area contributed by atoms with Crippen LogP contribution in [0.1, 0.15) is 40.2 Å². The minimum Gasteiger partial charge on any atom is -0.466 e. The molecular formula is C32H41NO3Si. The topological polar surface area (TPSA) is 38.8 Å². The van der Waals surface area contributed by atoms with Gasteiger partial charge in [-0.15, -0.1) is 0 Å². The van der Waals surface area contributed by atoms with Crippen LogP contribution in [0.25, 0.3) is 0 Å². The van der Waals surface area contributed by atoms with E-state index in [4.69, 9.17) is 9.16 Å². The van der Waals surface area contributed by atoms with E-state index < -0.39 is 8.32 Å². The zero-order valence-corrected chi connectivity index (χ0v) is 23.9. The third-order valence-electron chi connectivity index (χ3n) is 7.66. The molecule has 1 aliphatic heterocycles. The summed E-state index contributed by atoms with van der Waals surface area (Å²) >= 11 is 0. The quantitative estimate of drug-likeness (QED) is 0.288. The fraction of sp³-hybridized carbons (Fsp3) is 0.406. The molecule has 0 amide bonds. The van der Waals surface area contributed by atoms with Gasteiger partial charge < -0.3 is 9.16 Å². The maximum Gasteiger partial charge on any atom is 0.310 e. The van der Waals surface area contributed by atoms with Crippen LogP contribution in [0.2, 0.25) is 5.04 Å². The van der Waals surface area contributed by atoms with Gasteiger partial charge >= 0.3 is 5.97 Å². The standard InChI is InChI=1S/C32H41NO3Si/c1-6-35-31(34)30-24-33(22-26-16-10-7-11-17-26)23-29(30)25(2)36-37(32(3,4)5,27-18-12-8-13-19-27)28-20-14-9-15-21-28/h7-21,25,29-30H,6,22-24H2,1-5H3/t25-,29-,30+/m0/s1. The molecule has 0 aromatic heterocycles. The third-order valence-corrected chi connectivity index (χ3v) is 12.8. The van der Waals surface area contributed by atoms with Crippen molar-refractivity contribution < 1.29 is 14.0 Å². The van der Waals surface area contributed by atoms with E-state index in [1.54, 1.807) is 0 Å². The van der Waals surface area contributed by atoms with E-state index in [9.17, 15) is 4.79 Å². The molecule has 0 aliphatic carbocycles. The summed E-state index contributed by atoms with van der Waals surface area (Å²) in [6.07, 6.45) is -0.124. The summed E-state index contributed by atoms with van der Waals surface area (Å²) in [6, 6.07) is 31.9. The summed E-state index contributed by atoms with van der Waals surface area (Å²) in [5.74, 6) is -0.276. The summed E-state index contributed by atoms with van der Waals surface area (Å²) in [4.78, 5) is 15.5. The van der Waals surface area contributed by atoms with Crippen molar-refractivity contribution in [1.82, 2.24) is 4.90 Å². The van der Waals surface area contributed by atoms with Gasteiger partial charge in [-0.05, 0) is 34.8 Å². The highest BCUT2D eigenvalue weighted by atomic mass is 28.4. The SMILES string of the molecule is CCOC(=O)[C@@H]1CN(Cc2ccccc2)C[C@H]1[C@H](C)O[Si](c1ccccc1)(c1ccccc1)C(C)(C)C. The molecule has 0 N–H and O–H groups in total. The van der Waals surface area contributed by atoms with Crippen molar-refractivity contribution >= 4 is 24.7 Å². The molecule has 196 valence electrons. The molecule has 0 spiro atoms. The number of rotatable bonds is 9. The lowest BCUT2D eigenvalue weighted by Crippen LogP contribution is -2.68. The van der Waals surface area contributed by atoms with Gasteiger partial charge in [0.2, 0.25) is 0 Å². The molecule has 1 saturated heterocycles. The van der Waals surface area contributed by atoms with Crippen LogP contribution in [0.5, 0.6) is 0 Å². The first-order valence-electron chi connectivity index (χ1n) is 13.5. The van der Waals surface area contributed by atoms with Crippen LogP contribution in [0.4, 0.5) is 0 Å². The maximum atomic E-state index is 13.2. The van der Waals surface area contributed by atoms with E-state index in [-0.39, 0.29) is 28.9 Å². The third kappa shape index (κ3) is 5.90. The molecule has 1 fully saturated rings. The first kappa shape index (κ1) is 27.3. The second-order valence-corrected chi connectivity index (χ2v) is 15.4. The minimum absolute atomic E-state index is 0.0458. The predicted molar refractivity (Wildman–Crippen MR) is 153 cm³/mol. The predicted octanol–water partition coefficient (Wildman–Crippen LogP) is 5.26. The van der Waals surface area contributed by atoms with Crippen LogP contribution in [-0.2, 0) is 20.5 Å². The monoisotopic (exact) mass is 515 g/mol. The number of benzene rings is 3. The summed E-state index contributed by atoms with van der Waals surface area (Å²) in [6.45, 7) is 13.6. The molecule has 4 rings (SSSR count). The van der Waals surface area contributed by atoms with Gasteiger partial charge in [-0.25, -0.2) is 0 Å². The van der Waals surface area contributed by atoms with Crippen molar-refractivity contribution in [2.75, 3.05) is 19.7 Å². The van der Waals surface area contributed by atoms with Crippen LogP contribution in [0.15, 0.2) is 91.0 Å². The van der Waals surface area contributed by atoms with E-state index >= 15 is 0 Å². The van der Waals surface area contributed by atoms with Crippen molar-refractivity contribution in [1.29, 1.82) is 0 Å². The summed E-state index contributed by atoms with van der Waals surface area (Å²) in [5.41, 5.74) is 1.26. The molecule has 37 heavy (non-hydrogen) atoms. The number of esters is 1. The van der Waals surface area contributed by atoms with Crippen LogP contribution in [0, 0.1) is 11.8 Å². The molecule has 3 aromatic carbocycles. The molecule has 0 saturated carbocycles. The Hall–Kier alpha value is -2.73. The van der Waals surface area contributed by atoms with Gasteiger partial charge in [0.15, 0.2) is 0 Å². The maximum absolute atomic E-state index is 13.2. The normalized spacial score (nSPS) is 19.5. The molecule has 1 aliphatic rings. The highest BCUT2D eigenvalue weighted by Gasteiger charge is 2.53. The van der Waals surface area contributed by atoms with Gasteiger partial charge in [0.05, 0.1) is 12.5 Å². The average molecular weight is 516 g/mol. The van der Waals surface area contributed by atoms with Gasteiger partial charge in [0.25, 0.3) is 8.32 Å². The Morgan fingerprint density at radius 2 is 1.41 bits per heavy atom. The molecule has 3 atom stereocenters. The number of nitrogens with zero attached hydrogens (tertiary/aromatic N) is 1. The Bertz CT molecular complexity index is 1090. The lowest BCUT2D eigenvalue weighted by molar-refractivity contribution is -0.149. The van der Waals surface area contributed by atoms with Gasteiger partial charge in [0.1, 0.15) is 0 Å². The van der Waals surface area contributed by atoms with E-state index in [0.717, 1.165) is 13.1 Å². The lowest BCUT2D eigenvalue weighted by Gasteiger charge is -2.46. The Morgan fingerprint density at radius 3 is 1.89 bits per heavy atom. The van der Waals surface area contributed by atoms with Crippen LogP contribution < -0.4 is 10.4 Å². The van der Waals surface area contributed by atoms with Crippen molar-refractivity contribution in [3.05, 3.63) is 96.6 Å². The fourth-order valence-corrected chi connectivity index (χ4v) is 10.7. The first-order chi connectivity index (χ1) is 17.8. The van der Waals surface area contributed by atoms with Gasteiger partial charge in [-0.2, -0.15) is 0 Å². The van der Waals surface area contributed by atoms with E-state index in [0.29, 0.717) is 13.2 Å². The fourth-order valence-electron chi connectivity index (χ4n) is 5.92. The van der Waals surface area contributed by atoms with Crippen molar-refractivity contribution in [2.24, 2.45) is 11.8 Å². The molecule has 0 radical (unpaired) electrons. The number of hydrogen-bond donors (Lipinski definition) is 0. The summed E-state index contributed by atoms with van der Waals surface area (Å²) in [5, 5.41) is 2.39. The van der Waals surface area contributed by atoms with Crippen molar-refractivity contribution in [2.45, 2.75) is 52.3 Å². The second kappa shape index (κ2) is 11.8. The average Bonchev–Trinajstić information content (AvgIpc) is 3.32. The molecular weight excluding hydrogens is 474 g/mol. The minimum atomic E-state index is -2.73. The van der Waals surface area contributed by atoms with Crippen LogP contribution in [0.3, 0.4) is 0 Å². The highest BCUT2D eigenvalue weighted by molar-refractivity contribution is 6.99. The van der Waals surface area contributed by atoms with E-state index in [1.807, 2.05) is 13.0 Å². The van der Waals surface area contributed by atoms with E-state index in [1.165, 1.54) is 15.9 Å². The molecule has 0 unspecified atom stereocenters. The van der Waals surface area contributed by atoms with Gasteiger partial charge in [-0.3, -0.25) is 9.69 Å². The molecule has 3 aromatic rings. The first-order valence-corrected chi connectivity index (χ1v) is 15.4. The lowest BCUT2D eigenvalue weighted by atomic mass is 9.92. The second-order valence-electron chi connectivity index (χ2n) is 11.2.